The van der Waals surface area contributed by atoms with E-state index in [4.69, 9.17) is 9.47 Å². The van der Waals surface area contributed by atoms with Crippen LogP contribution in [-0.4, -0.2) is 27.5 Å². The van der Waals surface area contributed by atoms with Crippen LogP contribution in [0.25, 0.3) is 11.3 Å². The van der Waals surface area contributed by atoms with E-state index in [1.165, 1.54) is 54.6 Å². The van der Waals surface area contributed by atoms with Crippen molar-refractivity contribution in [3.63, 3.8) is 0 Å². The molecule has 176 valence electrons. The smallest absolute Gasteiger partial charge is 0.426 e. The van der Waals surface area contributed by atoms with Crippen LogP contribution in [0.5, 0.6) is 11.5 Å². The molecule has 0 saturated carbocycles. The number of rotatable bonds is 7. The molecule has 3 aromatic carbocycles. The number of nitrogens with zero attached hydrogens (tertiary/aromatic N) is 3. The van der Waals surface area contributed by atoms with Crippen LogP contribution in [0, 0.1) is 15.9 Å². The highest BCUT2D eigenvalue weighted by atomic mass is 19.1. The molecule has 1 aromatic heterocycles. The largest absolute Gasteiger partial charge is 0.446 e. The Balaban J connectivity index is 1.79. The van der Waals surface area contributed by atoms with Gasteiger partial charge in [-0.05, 0) is 54.6 Å². The van der Waals surface area contributed by atoms with Gasteiger partial charge in [-0.2, -0.15) is 4.90 Å². The number of hydrogen-bond donors (Lipinski definition) is 1. The van der Waals surface area contributed by atoms with Gasteiger partial charge in [0.05, 0.1) is 10.6 Å². The first-order valence-corrected chi connectivity index (χ1v) is 10.3. The molecule has 0 aliphatic carbocycles. The Bertz CT molecular complexity index is 1320. The van der Waals surface area contributed by atoms with Gasteiger partial charge in [0.1, 0.15) is 17.3 Å². The molecule has 0 aliphatic rings. The number of nitro groups is 1. The van der Waals surface area contributed by atoms with Gasteiger partial charge in [0.15, 0.2) is 0 Å². The van der Waals surface area contributed by atoms with E-state index in [1.54, 1.807) is 36.4 Å². The highest BCUT2D eigenvalue weighted by Gasteiger charge is 2.35. The van der Waals surface area contributed by atoms with Crippen molar-refractivity contribution in [3.05, 3.63) is 113 Å². The van der Waals surface area contributed by atoms with Crippen LogP contribution in [-0.2, 0) is 0 Å². The molecule has 9 nitrogen and oxygen atoms in total. The predicted octanol–water partition coefficient (Wildman–Crippen LogP) is 5.16. The third-order valence-corrected chi connectivity index (χ3v) is 4.77. The third-order valence-electron chi connectivity index (χ3n) is 4.77. The average molecular weight is 475 g/mol. The Morgan fingerprint density at radius 1 is 0.914 bits per heavy atom. The van der Waals surface area contributed by atoms with E-state index in [1.807, 2.05) is 0 Å². The highest BCUT2D eigenvalue weighted by Crippen LogP contribution is 2.32. The molecular formula is C25H18FN3O6. The van der Waals surface area contributed by atoms with Gasteiger partial charge >= 0.3 is 11.8 Å². The van der Waals surface area contributed by atoms with Crippen LogP contribution in [0.3, 0.4) is 0 Å². The number of aliphatic hydroxyl groups excluding tert-OH is 1. The number of aromatic nitrogens is 1. The predicted molar refractivity (Wildman–Crippen MR) is 124 cm³/mol. The number of carbonyl (C=O) groups is 1. The standard InChI is InChI=1S/C25H18FN3O6/c26-18-13-11-17(12-14-18)21-15-16-22(29(32)33)23(27-21)28(24(30)34-19-7-3-1-4-8-19)25(31)35-20-9-5-2-6-10-20/h1-16,24,30H. The zero-order chi connectivity index (χ0) is 24.8. The minimum atomic E-state index is -2.04. The van der Waals surface area contributed by atoms with E-state index in [-0.39, 0.29) is 17.2 Å². The fraction of sp³-hybridized carbons (Fsp3) is 0.0400. The molecule has 0 radical (unpaired) electrons. The van der Waals surface area contributed by atoms with Crippen LogP contribution in [0.4, 0.5) is 20.7 Å². The van der Waals surface area contributed by atoms with Crippen LogP contribution in [0.15, 0.2) is 97.1 Å². The Labute approximate surface area is 198 Å². The zero-order valence-corrected chi connectivity index (χ0v) is 18.0. The van der Waals surface area contributed by atoms with Crippen LogP contribution >= 0.6 is 0 Å². The summed E-state index contributed by atoms with van der Waals surface area (Å²) in [5.74, 6) is -0.682. The quantitative estimate of drug-likeness (QED) is 0.223. The van der Waals surface area contributed by atoms with Crippen LogP contribution in [0.1, 0.15) is 0 Å². The van der Waals surface area contributed by atoms with E-state index in [0.29, 0.717) is 10.5 Å². The summed E-state index contributed by atoms with van der Waals surface area (Å²) in [6.07, 6.45) is -3.21. The molecule has 0 fully saturated rings. The van der Waals surface area contributed by atoms with Crippen molar-refractivity contribution in [3.8, 4) is 22.8 Å². The van der Waals surface area contributed by atoms with Crippen molar-refractivity contribution in [1.82, 2.24) is 4.98 Å². The second-order valence-corrected chi connectivity index (χ2v) is 7.11. The molecule has 1 unspecified atom stereocenters. The van der Waals surface area contributed by atoms with E-state index < -0.39 is 34.8 Å². The molecule has 10 heteroatoms. The lowest BCUT2D eigenvalue weighted by Gasteiger charge is -2.26. The number of para-hydroxylation sites is 2. The normalized spacial score (nSPS) is 11.4. The summed E-state index contributed by atoms with van der Waals surface area (Å²) in [5, 5.41) is 22.7. The molecule has 0 spiro atoms. The van der Waals surface area contributed by atoms with Gasteiger partial charge in [-0.15, -0.1) is 0 Å². The number of carbonyl (C=O) groups excluding carboxylic acids is 1. The van der Waals surface area contributed by atoms with Gasteiger partial charge in [-0.1, -0.05) is 36.4 Å². The fourth-order valence-corrected chi connectivity index (χ4v) is 3.14. The van der Waals surface area contributed by atoms with Gasteiger partial charge in [0.2, 0.25) is 5.82 Å². The van der Waals surface area contributed by atoms with Crippen molar-refractivity contribution in [2.24, 2.45) is 0 Å². The van der Waals surface area contributed by atoms with Crippen molar-refractivity contribution >= 4 is 17.6 Å². The second kappa shape index (κ2) is 10.4. The van der Waals surface area contributed by atoms with Gasteiger partial charge in [0.25, 0.3) is 6.41 Å². The number of hydrogen-bond acceptors (Lipinski definition) is 7. The van der Waals surface area contributed by atoms with Gasteiger partial charge in [0, 0.05) is 11.6 Å². The fourth-order valence-electron chi connectivity index (χ4n) is 3.14. The first-order chi connectivity index (χ1) is 16.9. The second-order valence-electron chi connectivity index (χ2n) is 7.11. The number of ether oxygens (including phenoxy) is 2. The van der Waals surface area contributed by atoms with E-state index >= 15 is 0 Å². The van der Waals surface area contributed by atoms with Gasteiger partial charge in [-0.3, -0.25) is 10.1 Å². The van der Waals surface area contributed by atoms with Crippen molar-refractivity contribution in [2.45, 2.75) is 6.41 Å². The Kier molecular flexibility index (Phi) is 6.94. The number of halogens is 1. The summed E-state index contributed by atoms with van der Waals surface area (Å²) in [7, 11) is 0. The van der Waals surface area contributed by atoms with Crippen molar-refractivity contribution in [2.75, 3.05) is 4.90 Å². The Morgan fingerprint density at radius 3 is 2.11 bits per heavy atom. The summed E-state index contributed by atoms with van der Waals surface area (Å²) in [6, 6.07) is 23.7. The van der Waals surface area contributed by atoms with E-state index in [2.05, 4.69) is 4.98 Å². The molecule has 1 N–H and O–H groups in total. The number of pyridine rings is 1. The van der Waals surface area contributed by atoms with Gasteiger partial charge in [-0.25, -0.2) is 14.2 Å². The van der Waals surface area contributed by atoms with Crippen molar-refractivity contribution in [1.29, 1.82) is 0 Å². The molecule has 1 atom stereocenters. The Hall–Kier alpha value is -4.83. The SMILES string of the molecule is O=C(Oc1ccccc1)N(c1nc(-c2ccc(F)cc2)ccc1[N+](=O)[O-])C(O)Oc1ccccc1. The number of benzene rings is 3. The lowest BCUT2D eigenvalue weighted by atomic mass is 10.1. The summed E-state index contributed by atoms with van der Waals surface area (Å²) in [5.41, 5.74) is 0.0315. The summed E-state index contributed by atoms with van der Waals surface area (Å²) >= 11 is 0. The lowest BCUT2D eigenvalue weighted by Crippen LogP contribution is -2.46. The zero-order valence-electron chi connectivity index (χ0n) is 18.0. The van der Waals surface area contributed by atoms with Crippen LogP contribution < -0.4 is 14.4 Å². The molecule has 0 bridgehead atoms. The monoisotopic (exact) mass is 475 g/mol. The first-order valence-electron chi connectivity index (χ1n) is 10.3. The Morgan fingerprint density at radius 2 is 1.51 bits per heavy atom. The molecule has 4 rings (SSSR count). The molecular weight excluding hydrogens is 457 g/mol. The first kappa shape index (κ1) is 23.3. The third kappa shape index (κ3) is 5.57. The molecule has 4 aromatic rings. The summed E-state index contributed by atoms with van der Waals surface area (Å²) < 4.78 is 24.2. The summed E-state index contributed by atoms with van der Waals surface area (Å²) in [6.45, 7) is 0. The molecule has 1 heterocycles. The highest BCUT2D eigenvalue weighted by molar-refractivity contribution is 5.91. The van der Waals surface area contributed by atoms with E-state index in [0.717, 1.165) is 6.07 Å². The minimum Gasteiger partial charge on any atom is -0.446 e. The number of anilines is 1. The van der Waals surface area contributed by atoms with Crippen LogP contribution in [0.2, 0.25) is 0 Å². The lowest BCUT2D eigenvalue weighted by molar-refractivity contribution is -0.384. The van der Waals surface area contributed by atoms with Gasteiger partial charge < -0.3 is 14.6 Å². The summed E-state index contributed by atoms with van der Waals surface area (Å²) in [4.78, 5) is 29.0. The maximum Gasteiger partial charge on any atom is 0.426 e. The molecule has 0 saturated heterocycles. The maximum atomic E-state index is 13.4. The maximum absolute atomic E-state index is 13.4. The topological polar surface area (TPSA) is 115 Å². The minimum absolute atomic E-state index is 0.131. The molecule has 35 heavy (non-hydrogen) atoms. The van der Waals surface area contributed by atoms with E-state index in [9.17, 15) is 24.4 Å². The average Bonchev–Trinajstić information content (AvgIpc) is 2.85. The number of aliphatic hydroxyl groups is 1. The molecule has 1 amide bonds. The number of amides is 1. The molecule has 0 aliphatic heterocycles. The van der Waals surface area contributed by atoms with Crippen molar-refractivity contribution < 1.29 is 28.7 Å².